The summed E-state index contributed by atoms with van der Waals surface area (Å²) in [6, 6.07) is 4.23. The first-order valence-electron chi connectivity index (χ1n) is 14.8. The van der Waals surface area contributed by atoms with Crippen molar-refractivity contribution in [2.75, 3.05) is 13.2 Å². The van der Waals surface area contributed by atoms with Crippen LogP contribution in [-0.4, -0.2) is 71.8 Å². The number of phosphoric ester groups is 2. The van der Waals surface area contributed by atoms with Crippen LogP contribution < -0.4 is 22.5 Å². The Morgan fingerprint density at radius 3 is 2.08 bits per heavy atom. The van der Waals surface area contributed by atoms with Gasteiger partial charge in [0.15, 0.2) is 0 Å². The Morgan fingerprint density at radius 2 is 1.50 bits per heavy atom. The standard InChI is InChI=1S/C27H32Cl2N4O15P2/c1-13-8-32(26(38)30-24(13)36)22-6-18(35)21(46-22)12-43-49(40,41)48-50(42,44-11-15-3-4-16(28)5-17(15)29)47-19-7-23(45-20(19)10-34)33-9-14(2)25(37)31-27(33)39/h3-5,8-9,18-23,34-35H,6-7,10-12H2,1-2H3,(H,40,41)(H,30,36,38)(H,31,37,39)/t18-,19-,20+,21+,22+,23+,50?/m0/s1. The molecule has 5 rings (SSSR count). The van der Waals surface area contributed by atoms with Gasteiger partial charge in [0.2, 0.25) is 0 Å². The molecule has 0 bridgehead atoms. The lowest BCUT2D eigenvalue weighted by molar-refractivity contribution is -0.0496. The molecular weight excluding hydrogens is 753 g/mol. The Morgan fingerprint density at radius 1 is 0.920 bits per heavy atom. The number of aliphatic hydroxyl groups is 2. The van der Waals surface area contributed by atoms with Crippen LogP contribution in [0.1, 0.15) is 42.0 Å². The second-order valence-corrected chi connectivity index (χ2v) is 15.4. The first kappa shape index (κ1) is 38.5. The largest absolute Gasteiger partial charge is 0.484 e. The number of benzene rings is 1. The third-order valence-electron chi connectivity index (χ3n) is 7.74. The normalized spacial score (nSPS) is 26.1. The molecular formula is C27H32Cl2N4O15P2. The number of aliphatic hydroxyl groups excluding tert-OH is 2. The topological polar surface area (TPSA) is 260 Å². The summed E-state index contributed by atoms with van der Waals surface area (Å²) in [5.74, 6) is 0. The number of hydrogen-bond acceptors (Lipinski definition) is 14. The van der Waals surface area contributed by atoms with Gasteiger partial charge in [-0.3, -0.25) is 42.3 Å². The number of hydrogen-bond donors (Lipinski definition) is 5. The maximum atomic E-state index is 14.1. The highest BCUT2D eigenvalue weighted by molar-refractivity contribution is 7.61. The van der Waals surface area contributed by atoms with Crippen molar-refractivity contribution in [3.8, 4) is 0 Å². The molecule has 3 aromatic rings. The number of nitrogens with one attached hydrogen (secondary N) is 2. The van der Waals surface area contributed by atoms with Gasteiger partial charge in [0.05, 0.1) is 25.9 Å². The highest BCUT2D eigenvalue weighted by atomic mass is 35.5. The van der Waals surface area contributed by atoms with Crippen LogP contribution in [0.4, 0.5) is 0 Å². The zero-order valence-corrected chi connectivity index (χ0v) is 29.5. The molecule has 2 saturated heterocycles. The number of ether oxygens (including phenoxy) is 2. The van der Waals surface area contributed by atoms with E-state index in [-0.39, 0.29) is 39.6 Å². The average Bonchev–Trinajstić information content (AvgIpc) is 3.61. The fraction of sp³-hybridized carbons (Fsp3) is 0.481. The summed E-state index contributed by atoms with van der Waals surface area (Å²) in [5, 5.41) is 20.9. The van der Waals surface area contributed by atoms with Gasteiger partial charge < -0.3 is 24.6 Å². The molecule has 4 heterocycles. The van der Waals surface area contributed by atoms with Gasteiger partial charge in [-0.25, -0.2) is 18.7 Å². The molecule has 1 aromatic carbocycles. The first-order valence-corrected chi connectivity index (χ1v) is 18.5. The Bertz CT molecular complexity index is 2070. The second-order valence-electron chi connectivity index (χ2n) is 11.4. The Balaban J connectivity index is 1.33. The van der Waals surface area contributed by atoms with E-state index < -0.39 is 94.8 Å². The third kappa shape index (κ3) is 9.00. The van der Waals surface area contributed by atoms with Gasteiger partial charge in [-0.1, -0.05) is 29.3 Å². The van der Waals surface area contributed by atoms with Crippen molar-refractivity contribution in [3.63, 3.8) is 0 Å². The van der Waals surface area contributed by atoms with Crippen molar-refractivity contribution in [2.45, 2.75) is 70.2 Å². The summed E-state index contributed by atoms with van der Waals surface area (Å²) in [7, 11) is -10.6. The van der Waals surface area contributed by atoms with Crippen molar-refractivity contribution < 1.29 is 51.6 Å². The molecule has 23 heteroatoms. The molecule has 5 N–H and O–H groups in total. The van der Waals surface area contributed by atoms with Crippen molar-refractivity contribution in [2.24, 2.45) is 0 Å². The lowest BCUT2D eigenvalue weighted by atomic mass is 10.2. The number of phosphoric acid groups is 2. The van der Waals surface area contributed by atoms with Crippen LogP contribution in [0.3, 0.4) is 0 Å². The summed E-state index contributed by atoms with van der Waals surface area (Å²) < 4.78 is 61.5. The minimum atomic E-state index is -5.40. The molecule has 274 valence electrons. The number of rotatable bonds is 13. The lowest BCUT2D eigenvalue weighted by Gasteiger charge is -2.25. The molecule has 2 aromatic heterocycles. The van der Waals surface area contributed by atoms with Crippen LogP contribution in [0.2, 0.25) is 10.0 Å². The van der Waals surface area contributed by atoms with Crippen molar-refractivity contribution in [3.05, 3.63) is 99.0 Å². The lowest BCUT2D eigenvalue weighted by Crippen LogP contribution is -2.33. The zero-order valence-electron chi connectivity index (χ0n) is 26.2. The van der Waals surface area contributed by atoms with Gasteiger partial charge in [0.25, 0.3) is 11.1 Å². The predicted octanol–water partition coefficient (Wildman–Crippen LogP) is 1.78. The number of nitrogens with zero attached hydrogens (tertiary/aromatic N) is 2. The number of aromatic nitrogens is 4. The van der Waals surface area contributed by atoms with E-state index in [0.29, 0.717) is 0 Å². The monoisotopic (exact) mass is 784 g/mol. The van der Waals surface area contributed by atoms with Gasteiger partial charge in [0.1, 0.15) is 30.8 Å². The molecule has 0 spiro atoms. The average molecular weight is 785 g/mol. The van der Waals surface area contributed by atoms with Crippen LogP contribution in [0.5, 0.6) is 0 Å². The SMILES string of the molecule is Cc1cn([C@H]2C[C@H](OP(=O)(OCc3ccc(Cl)cc3Cl)OP(=O)(O)OC[C@H]3O[C@@H](n4cc(C)c(=O)[nH]c4=O)C[C@@H]3O)[C@@H](CO)O2)c(=O)[nH]c1=O. The highest BCUT2D eigenvalue weighted by Gasteiger charge is 2.47. The van der Waals surface area contributed by atoms with Gasteiger partial charge in [-0.15, -0.1) is 0 Å². The van der Waals surface area contributed by atoms with Crippen LogP contribution in [0, 0.1) is 13.8 Å². The van der Waals surface area contributed by atoms with Crippen molar-refractivity contribution in [1.82, 2.24) is 19.1 Å². The van der Waals surface area contributed by atoms with E-state index in [2.05, 4.69) is 9.97 Å². The number of aromatic amines is 2. The van der Waals surface area contributed by atoms with Crippen molar-refractivity contribution >= 4 is 38.8 Å². The molecule has 8 atom stereocenters. The molecule has 2 fully saturated rings. The molecule has 2 aliphatic rings. The van der Waals surface area contributed by atoms with E-state index >= 15 is 0 Å². The summed E-state index contributed by atoms with van der Waals surface area (Å²) in [5.41, 5.74) is -2.33. The molecule has 2 aliphatic heterocycles. The fourth-order valence-corrected chi connectivity index (χ4v) is 8.38. The Labute approximate surface area is 291 Å². The highest BCUT2D eigenvalue weighted by Crippen LogP contribution is 2.65. The maximum absolute atomic E-state index is 14.1. The van der Waals surface area contributed by atoms with E-state index in [1.807, 2.05) is 0 Å². The summed E-state index contributed by atoms with van der Waals surface area (Å²) in [6.07, 6.45) is -5.48. The minimum absolute atomic E-state index is 0.0801. The molecule has 0 saturated carbocycles. The number of halogens is 2. The zero-order chi connectivity index (χ0) is 36.5. The van der Waals surface area contributed by atoms with Crippen LogP contribution in [0.15, 0.2) is 49.8 Å². The maximum Gasteiger partial charge on any atom is 0.484 e. The molecule has 50 heavy (non-hydrogen) atoms. The quantitative estimate of drug-likeness (QED) is 0.155. The minimum Gasteiger partial charge on any atom is -0.394 e. The van der Waals surface area contributed by atoms with Crippen LogP contribution in [0.25, 0.3) is 0 Å². The van der Waals surface area contributed by atoms with Crippen molar-refractivity contribution in [1.29, 1.82) is 0 Å². The first-order chi connectivity index (χ1) is 23.5. The summed E-state index contributed by atoms with van der Waals surface area (Å²) in [6.45, 7) is 0.747. The predicted molar refractivity (Wildman–Crippen MR) is 173 cm³/mol. The Hall–Kier alpha value is -2.74. The van der Waals surface area contributed by atoms with Crippen LogP contribution in [-0.2, 0) is 43.1 Å². The van der Waals surface area contributed by atoms with E-state index in [4.69, 9.17) is 50.6 Å². The van der Waals surface area contributed by atoms with Gasteiger partial charge >= 0.3 is 27.0 Å². The van der Waals surface area contributed by atoms with Crippen LogP contribution >= 0.6 is 38.8 Å². The van der Waals surface area contributed by atoms with Gasteiger partial charge in [-0.05, 0) is 31.5 Å². The Kier molecular flexibility index (Phi) is 11.9. The number of aryl methyl sites for hydroxylation is 2. The van der Waals surface area contributed by atoms with Gasteiger partial charge in [-0.2, -0.15) is 4.31 Å². The number of H-pyrrole nitrogens is 2. The van der Waals surface area contributed by atoms with E-state index in [0.717, 1.165) is 9.13 Å². The molecule has 2 unspecified atom stereocenters. The third-order valence-corrected chi connectivity index (χ3v) is 11.4. The van der Waals surface area contributed by atoms with E-state index in [1.165, 1.54) is 44.4 Å². The molecule has 0 radical (unpaired) electrons. The van der Waals surface area contributed by atoms with Gasteiger partial charge in [0, 0.05) is 46.4 Å². The van der Waals surface area contributed by atoms with E-state index in [9.17, 15) is 43.4 Å². The molecule has 0 amide bonds. The summed E-state index contributed by atoms with van der Waals surface area (Å²) >= 11 is 12.1. The fourth-order valence-electron chi connectivity index (χ4n) is 5.13. The summed E-state index contributed by atoms with van der Waals surface area (Å²) in [4.78, 5) is 63.2. The molecule has 0 aliphatic carbocycles. The molecule has 19 nitrogen and oxygen atoms in total. The van der Waals surface area contributed by atoms with E-state index in [1.54, 1.807) is 0 Å². The second kappa shape index (κ2) is 15.5. The smallest absolute Gasteiger partial charge is 0.394 e.